The molecule has 0 aliphatic heterocycles. The van der Waals surface area contributed by atoms with Gasteiger partial charge in [0.05, 0.1) is 59.3 Å². The average molecular weight is 568 g/mol. The van der Waals surface area contributed by atoms with Crippen molar-refractivity contribution in [3.8, 4) is 5.75 Å². The molecule has 0 saturated carbocycles. The van der Waals surface area contributed by atoms with Crippen molar-refractivity contribution in [2.75, 3.05) is 59.4 Å². The summed E-state index contributed by atoms with van der Waals surface area (Å²) in [4.78, 5) is 23.4. The van der Waals surface area contributed by atoms with E-state index in [9.17, 15) is 27.2 Å². The van der Waals surface area contributed by atoms with Gasteiger partial charge in [-0.2, -0.15) is 8.78 Å². The van der Waals surface area contributed by atoms with E-state index in [1.54, 1.807) is 0 Å². The second-order valence-corrected chi connectivity index (χ2v) is 10.0. The van der Waals surface area contributed by atoms with Crippen molar-refractivity contribution in [2.24, 2.45) is 5.41 Å². The number of benzene rings is 1. The molecule has 0 aliphatic carbocycles. The molecular weight excluding hydrogens is 526 g/mol. The van der Waals surface area contributed by atoms with Crippen LogP contribution in [0, 0.1) is 35.6 Å². The number of hydrogen-bond donors (Lipinski definition) is 1. The minimum absolute atomic E-state index is 0.0287. The molecule has 0 aliphatic rings. The predicted octanol–water partition coefficient (Wildman–Crippen LogP) is 4.64. The van der Waals surface area contributed by atoms with Crippen LogP contribution in [0.3, 0.4) is 0 Å². The van der Waals surface area contributed by atoms with Gasteiger partial charge in [-0.1, -0.05) is 27.2 Å². The van der Waals surface area contributed by atoms with Crippen molar-refractivity contribution in [3.63, 3.8) is 0 Å². The molecule has 0 bridgehead atoms. The van der Waals surface area contributed by atoms with Crippen molar-refractivity contribution in [1.29, 1.82) is 0 Å². The number of amides is 1. The Morgan fingerprint density at radius 2 is 1.15 bits per heavy atom. The number of nitrogens with one attached hydrogen (secondary N) is 1. The van der Waals surface area contributed by atoms with Crippen LogP contribution in [0.5, 0.6) is 5.75 Å². The molecule has 0 atom stereocenters. The largest absolute Gasteiger partial charge is 0.420 e. The fraction of sp³-hybridized carbons (Fsp3) is 0.704. The number of carbonyl (C=O) groups is 2. The van der Waals surface area contributed by atoms with Crippen LogP contribution in [0.15, 0.2) is 0 Å². The first-order valence-corrected chi connectivity index (χ1v) is 13.0. The summed E-state index contributed by atoms with van der Waals surface area (Å²) in [6.07, 6.45) is 3.09. The molecule has 0 radical (unpaired) electrons. The molecule has 1 aromatic rings. The number of hydrogen-bond acceptors (Lipinski definition) is 7. The lowest BCUT2D eigenvalue weighted by Crippen LogP contribution is -2.25. The van der Waals surface area contributed by atoms with E-state index >= 15 is 0 Å². The minimum atomic E-state index is -1.77. The van der Waals surface area contributed by atoms with Crippen molar-refractivity contribution >= 4 is 11.9 Å². The van der Waals surface area contributed by atoms with Gasteiger partial charge >= 0.3 is 5.97 Å². The molecule has 1 N–H and O–H groups in total. The Balaban J connectivity index is 1.94. The van der Waals surface area contributed by atoms with Crippen LogP contribution < -0.4 is 10.1 Å². The van der Waals surface area contributed by atoms with Crippen LogP contribution in [0.25, 0.3) is 0 Å². The molecular formula is C27H41F4NO7. The van der Waals surface area contributed by atoms with Crippen LogP contribution >= 0.6 is 0 Å². The second-order valence-electron chi connectivity index (χ2n) is 10.0. The van der Waals surface area contributed by atoms with Crippen LogP contribution in [0.2, 0.25) is 0 Å². The van der Waals surface area contributed by atoms with Crippen molar-refractivity contribution in [3.05, 3.63) is 28.8 Å². The molecule has 1 amide bonds. The average Bonchev–Trinajstić information content (AvgIpc) is 2.88. The third kappa shape index (κ3) is 15.2. The third-order valence-electron chi connectivity index (χ3n) is 5.37. The number of esters is 1. The van der Waals surface area contributed by atoms with Crippen LogP contribution in [-0.2, 0) is 28.5 Å². The molecule has 0 spiro atoms. The summed E-state index contributed by atoms with van der Waals surface area (Å²) in [7, 11) is 0. The quantitative estimate of drug-likeness (QED) is 0.0807. The second kappa shape index (κ2) is 18.9. The number of carbonyl (C=O) groups excluding carboxylic acids is 2. The lowest BCUT2D eigenvalue weighted by molar-refractivity contribution is -0.136. The van der Waals surface area contributed by atoms with E-state index in [4.69, 9.17) is 18.9 Å². The lowest BCUT2D eigenvalue weighted by atomic mass is 9.90. The summed E-state index contributed by atoms with van der Waals surface area (Å²) in [5.74, 6) is -9.36. The summed E-state index contributed by atoms with van der Waals surface area (Å²) < 4.78 is 80.1. The molecule has 1 aromatic carbocycles. The Kier molecular flexibility index (Phi) is 16.8. The fourth-order valence-corrected chi connectivity index (χ4v) is 3.15. The van der Waals surface area contributed by atoms with Gasteiger partial charge in [-0.25, -0.2) is 8.78 Å². The molecule has 39 heavy (non-hydrogen) atoms. The molecule has 0 fully saturated rings. The van der Waals surface area contributed by atoms with Gasteiger partial charge in [0.15, 0.2) is 11.6 Å². The van der Waals surface area contributed by atoms with Crippen LogP contribution in [0.1, 0.15) is 58.4 Å². The van der Waals surface area contributed by atoms with Gasteiger partial charge in [-0.05, 0) is 25.2 Å². The fourth-order valence-electron chi connectivity index (χ4n) is 3.15. The van der Waals surface area contributed by atoms with Gasteiger partial charge in [0, 0.05) is 18.5 Å². The molecule has 0 aromatic heterocycles. The first-order valence-electron chi connectivity index (χ1n) is 13.0. The van der Waals surface area contributed by atoms with Gasteiger partial charge in [0.25, 0.3) is 0 Å². The zero-order valence-electron chi connectivity index (χ0n) is 23.3. The maximum Gasteiger partial charge on any atom is 0.313 e. The lowest BCUT2D eigenvalue weighted by Gasteiger charge is -2.17. The van der Waals surface area contributed by atoms with Gasteiger partial charge in [-0.15, -0.1) is 0 Å². The Bertz CT molecular complexity index is 865. The van der Waals surface area contributed by atoms with E-state index in [-0.39, 0.29) is 25.7 Å². The summed E-state index contributed by atoms with van der Waals surface area (Å²) in [5, 5.41) is 2.88. The van der Waals surface area contributed by atoms with Crippen molar-refractivity contribution < 1.29 is 50.8 Å². The third-order valence-corrected chi connectivity index (χ3v) is 5.37. The number of unbranched alkanes of at least 4 members (excludes halogenated alkanes) is 1. The predicted molar refractivity (Wildman–Crippen MR) is 135 cm³/mol. The zero-order valence-corrected chi connectivity index (χ0v) is 23.3. The van der Waals surface area contributed by atoms with E-state index in [1.165, 1.54) is 0 Å². The molecule has 0 saturated heterocycles. The van der Waals surface area contributed by atoms with E-state index in [1.807, 2.05) is 0 Å². The smallest absolute Gasteiger partial charge is 0.313 e. The maximum atomic E-state index is 13.7. The van der Waals surface area contributed by atoms with E-state index < -0.39 is 47.0 Å². The normalized spacial score (nSPS) is 11.6. The van der Waals surface area contributed by atoms with Crippen molar-refractivity contribution in [1.82, 2.24) is 5.32 Å². The van der Waals surface area contributed by atoms with E-state index in [2.05, 4.69) is 30.8 Å². The molecule has 224 valence electrons. The molecule has 1 rings (SSSR count). The molecule has 8 nitrogen and oxygen atoms in total. The van der Waals surface area contributed by atoms with E-state index in [0.29, 0.717) is 51.4 Å². The Labute approximate surface area is 227 Å². The number of rotatable bonds is 20. The highest BCUT2D eigenvalue weighted by molar-refractivity contribution is 5.75. The Morgan fingerprint density at radius 1 is 0.692 bits per heavy atom. The van der Waals surface area contributed by atoms with Gasteiger partial charge in [0.2, 0.25) is 23.3 Å². The standard InChI is InChI=1S/C27H41F4NO7/c1-19-22(28)24(30)26(25(31)23(19)29)39-21(34)8-12-36-14-16-38-18-17-37-15-13-35-11-7-20(33)32-10-6-5-9-27(2,3)4/h5-18H2,1-4H3,(H,32,33). The van der Waals surface area contributed by atoms with Gasteiger partial charge in [0.1, 0.15) is 0 Å². The highest BCUT2D eigenvalue weighted by Crippen LogP contribution is 2.29. The Morgan fingerprint density at radius 3 is 1.64 bits per heavy atom. The summed E-state index contributed by atoms with van der Waals surface area (Å²) >= 11 is 0. The minimum Gasteiger partial charge on any atom is -0.420 e. The summed E-state index contributed by atoms with van der Waals surface area (Å²) in [6.45, 7) is 9.98. The first kappa shape index (κ1) is 34.7. The summed E-state index contributed by atoms with van der Waals surface area (Å²) in [5.41, 5.74) is -0.534. The van der Waals surface area contributed by atoms with Crippen molar-refractivity contribution in [2.45, 2.75) is 59.8 Å². The van der Waals surface area contributed by atoms with E-state index in [0.717, 1.165) is 26.2 Å². The SMILES string of the molecule is Cc1c(F)c(F)c(OC(=O)CCOCCOCCOCCOCCC(=O)NCCCCC(C)(C)C)c(F)c1F. The Hall–Kier alpha value is -2.28. The highest BCUT2D eigenvalue weighted by atomic mass is 19.2. The topological polar surface area (TPSA) is 92.3 Å². The molecule has 12 heteroatoms. The number of ether oxygens (including phenoxy) is 5. The molecule has 0 unspecified atom stereocenters. The molecule has 0 heterocycles. The maximum absolute atomic E-state index is 13.7. The van der Waals surface area contributed by atoms with Gasteiger partial charge < -0.3 is 29.0 Å². The summed E-state index contributed by atoms with van der Waals surface area (Å²) in [6, 6.07) is 0. The number of halogens is 4. The van der Waals surface area contributed by atoms with Crippen LogP contribution in [0.4, 0.5) is 17.6 Å². The first-order chi connectivity index (χ1) is 18.4. The monoisotopic (exact) mass is 567 g/mol. The van der Waals surface area contributed by atoms with Gasteiger partial charge in [-0.3, -0.25) is 9.59 Å². The highest BCUT2D eigenvalue weighted by Gasteiger charge is 2.26. The zero-order chi connectivity index (χ0) is 29.3. The van der Waals surface area contributed by atoms with Crippen LogP contribution in [-0.4, -0.2) is 71.3 Å².